The van der Waals surface area contributed by atoms with Gasteiger partial charge in [-0.15, -0.1) is 0 Å². The van der Waals surface area contributed by atoms with E-state index in [1.807, 2.05) is 7.05 Å². The number of nitrogens with one attached hydrogen (secondary N) is 1. The molecule has 0 saturated carbocycles. The van der Waals surface area contributed by atoms with Crippen molar-refractivity contribution in [3.05, 3.63) is 29.8 Å². The molecule has 0 aromatic carbocycles. The summed E-state index contributed by atoms with van der Waals surface area (Å²) in [7, 11) is 3.48. The molecule has 1 aromatic rings. The van der Waals surface area contributed by atoms with Crippen LogP contribution < -0.4 is 5.32 Å². The van der Waals surface area contributed by atoms with Crippen LogP contribution in [0.15, 0.2) is 18.5 Å². The first-order chi connectivity index (χ1) is 7.15. The third-order valence-electron chi connectivity index (χ3n) is 2.00. The summed E-state index contributed by atoms with van der Waals surface area (Å²) in [5.41, 5.74) is 0.272. The van der Waals surface area contributed by atoms with Crippen LogP contribution in [0.5, 0.6) is 0 Å². The van der Waals surface area contributed by atoms with Crippen LogP contribution in [0.4, 0.5) is 4.39 Å². The Hall–Kier alpha value is -1.49. The van der Waals surface area contributed by atoms with E-state index >= 15 is 0 Å². The second-order valence-electron chi connectivity index (χ2n) is 3.22. The van der Waals surface area contributed by atoms with Gasteiger partial charge >= 0.3 is 0 Å². The van der Waals surface area contributed by atoms with E-state index in [-0.39, 0.29) is 11.5 Å². The van der Waals surface area contributed by atoms with Gasteiger partial charge in [-0.05, 0) is 13.1 Å². The fraction of sp³-hybridized carbons (Fsp3) is 0.400. The number of nitrogens with zero attached hydrogens (tertiary/aromatic N) is 2. The average molecular weight is 211 g/mol. The third kappa shape index (κ3) is 3.28. The van der Waals surface area contributed by atoms with Gasteiger partial charge in [0, 0.05) is 26.3 Å². The topological polar surface area (TPSA) is 45.2 Å². The van der Waals surface area contributed by atoms with E-state index < -0.39 is 5.82 Å². The van der Waals surface area contributed by atoms with Gasteiger partial charge in [-0.2, -0.15) is 0 Å². The van der Waals surface area contributed by atoms with E-state index in [4.69, 9.17) is 0 Å². The molecular formula is C10H14FN3O. The molecule has 1 heterocycles. The van der Waals surface area contributed by atoms with Crippen molar-refractivity contribution in [3.63, 3.8) is 0 Å². The largest absolute Gasteiger partial charge is 0.340 e. The molecule has 0 aliphatic rings. The van der Waals surface area contributed by atoms with Gasteiger partial charge in [0.2, 0.25) is 0 Å². The molecule has 82 valence electrons. The summed E-state index contributed by atoms with van der Waals surface area (Å²) >= 11 is 0. The molecule has 0 radical (unpaired) electrons. The third-order valence-corrected chi connectivity index (χ3v) is 2.00. The van der Waals surface area contributed by atoms with Crippen molar-refractivity contribution >= 4 is 5.91 Å². The van der Waals surface area contributed by atoms with E-state index in [2.05, 4.69) is 10.3 Å². The van der Waals surface area contributed by atoms with Crippen molar-refractivity contribution in [2.24, 2.45) is 0 Å². The van der Waals surface area contributed by atoms with Gasteiger partial charge in [0.1, 0.15) is 5.82 Å². The number of hydrogen-bond acceptors (Lipinski definition) is 3. The molecule has 4 nitrogen and oxygen atoms in total. The highest BCUT2D eigenvalue weighted by Crippen LogP contribution is 2.03. The number of aromatic nitrogens is 1. The molecular weight excluding hydrogens is 197 g/mol. The number of halogens is 1. The van der Waals surface area contributed by atoms with Gasteiger partial charge in [0.25, 0.3) is 5.91 Å². The SMILES string of the molecule is CNCCN(C)C(=O)c1cncc(F)c1. The summed E-state index contributed by atoms with van der Waals surface area (Å²) < 4.78 is 12.8. The van der Waals surface area contributed by atoms with Crippen molar-refractivity contribution in [1.29, 1.82) is 0 Å². The second kappa shape index (κ2) is 5.41. The minimum atomic E-state index is -0.497. The van der Waals surface area contributed by atoms with Crippen LogP contribution in [0.1, 0.15) is 10.4 Å². The number of carbonyl (C=O) groups is 1. The van der Waals surface area contributed by atoms with Gasteiger partial charge in [0.15, 0.2) is 0 Å². The summed E-state index contributed by atoms with van der Waals surface area (Å²) in [4.78, 5) is 16.8. The lowest BCUT2D eigenvalue weighted by molar-refractivity contribution is 0.0796. The van der Waals surface area contributed by atoms with Crippen LogP contribution in [-0.4, -0.2) is 43.0 Å². The second-order valence-corrected chi connectivity index (χ2v) is 3.22. The lowest BCUT2D eigenvalue weighted by Crippen LogP contribution is -2.32. The highest BCUT2D eigenvalue weighted by Gasteiger charge is 2.11. The summed E-state index contributed by atoms with van der Waals surface area (Å²) in [6, 6.07) is 1.19. The maximum Gasteiger partial charge on any atom is 0.255 e. The molecule has 0 spiro atoms. The van der Waals surface area contributed by atoms with Crippen molar-refractivity contribution in [2.45, 2.75) is 0 Å². The van der Waals surface area contributed by atoms with Crippen LogP contribution in [-0.2, 0) is 0 Å². The molecule has 1 aromatic heterocycles. The minimum absolute atomic E-state index is 0.225. The quantitative estimate of drug-likeness (QED) is 0.789. The molecule has 5 heteroatoms. The molecule has 0 unspecified atom stereocenters. The number of rotatable bonds is 4. The fourth-order valence-corrected chi connectivity index (χ4v) is 1.13. The average Bonchev–Trinajstić information content (AvgIpc) is 2.24. The van der Waals surface area contributed by atoms with E-state index in [1.165, 1.54) is 17.2 Å². The predicted octanol–water partition coefficient (Wildman–Crippen LogP) is 0.512. The van der Waals surface area contributed by atoms with Gasteiger partial charge < -0.3 is 10.2 Å². The Morgan fingerprint density at radius 3 is 2.93 bits per heavy atom. The van der Waals surface area contributed by atoms with Crippen molar-refractivity contribution < 1.29 is 9.18 Å². The number of hydrogen-bond donors (Lipinski definition) is 1. The standard InChI is InChI=1S/C10H14FN3O/c1-12-3-4-14(2)10(15)8-5-9(11)7-13-6-8/h5-7,12H,3-4H2,1-2H3. The van der Waals surface area contributed by atoms with Crippen LogP contribution in [0.2, 0.25) is 0 Å². The Morgan fingerprint density at radius 1 is 1.60 bits per heavy atom. The number of likely N-dealkylation sites (N-methyl/N-ethyl adjacent to an activating group) is 2. The lowest BCUT2D eigenvalue weighted by atomic mass is 10.2. The Kier molecular flexibility index (Phi) is 4.17. The molecule has 0 fully saturated rings. The van der Waals surface area contributed by atoms with E-state index in [1.54, 1.807) is 7.05 Å². The summed E-state index contributed by atoms with van der Waals surface area (Å²) in [5, 5.41) is 2.93. The minimum Gasteiger partial charge on any atom is -0.340 e. The zero-order valence-electron chi connectivity index (χ0n) is 8.83. The predicted molar refractivity (Wildman–Crippen MR) is 55.1 cm³/mol. The highest BCUT2D eigenvalue weighted by atomic mass is 19.1. The maximum absolute atomic E-state index is 12.8. The maximum atomic E-state index is 12.8. The summed E-state index contributed by atoms with van der Waals surface area (Å²) in [6.45, 7) is 1.27. The first kappa shape index (κ1) is 11.6. The number of pyridine rings is 1. The molecule has 1 amide bonds. The van der Waals surface area contributed by atoms with Crippen LogP contribution in [0, 0.1) is 5.82 Å². The Bertz CT molecular complexity index is 343. The Labute approximate surface area is 88.1 Å². The summed E-state index contributed by atoms with van der Waals surface area (Å²) in [6.07, 6.45) is 2.44. The van der Waals surface area contributed by atoms with E-state index in [0.717, 1.165) is 6.20 Å². The van der Waals surface area contributed by atoms with Gasteiger partial charge in [-0.1, -0.05) is 0 Å². The van der Waals surface area contributed by atoms with Gasteiger partial charge in [0.05, 0.1) is 11.8 Å². The zero-order chi connectivity index (χ0) is 11.3. The van der Waals surface area contributed by atoms with E-state index in [0.29, 0.717) is 13.1 Å². The normalized spacial score (nSPS) is 10.1. The van der Waals surface area contributed by atoms with Crippen LogP contribution in [0.25, 0.3) is 0 Å². The highest BCUT2D eigenvalue weighted by molar-refractivity contribution is 5.93. The molecule has 1 rings (SSSR count). The van der Waals surface area contributed by atoms with Crippen LogP contribution >= 0.6 is 0 Å². The molecule has 0 saturated heterocycles. The van der Waals surface area contributed by atoms with Gasteiger partial charge in [-0.25, -0.2) is 4.39 Å². The monoisotopic (exact) mass is 211 g/mol. The molecule has 0 aliphatic carbocycles. The van der Waals surface area contributed by atoms with Crippen molar-refractivity contribution in [2.75, 3.05) is 27.2 Å². The first-order valence-electron chi connectivity index (χ1n) is 4.65. The lowest BCUT2D eigenvalue weighted by Gasteiger charge is -2.16. The first-order valence-corrected chi connectivity index (χ1v) is 4.65. The molecule has 15 heavy (non-hydrogen) atoms. The number of carbonyl (C=O) groups excluding carboxylic acids is 1. The molecule has 0 aliphatic heterocycles. The van der Waals surface area contributed by atoms with Gasteiger partial charge in [-0.3, -0.25) is 9.78 Å². The van der Waals surface area contributed by atoms with Crippen LogP contribution in [0.3, 0.4) is 0 Å². The Balaban J connectivity index is 2.67. The van der Waals surface area contributed by atoms with E-state index in [9.17, 15) is 9.18 Å². The smallest absolute Gasteiger partial charge is 0.255 e. The molecule has 0 atom stereocenters. The van der Waals surface area contributed by atoms with Crippen molar-refractivity contribution in [1.82, 2.24) is 15.2 Å². The molecule has 1 N–H and O–H groups in total. The Morgan fingerprint density at radius 2 is 2.33 bits per heavy atom. The number of amides is 1. The summed E-state index contributed by atoms with van der Waals surface area (Å²) in [5.74, 6) is -0.722. The zero-order valence-corrected chi connectivity index (χ0v) is 8.83. The fourth-order valence-electron chi connectivity index (χ4n) is 1.13. The van der Waals surface area contributed by atoms with Crippen molar-refractivity contribution in [3.8, 4) is 0 Å². The molecule has 0 bridgehead atoms.